The minimum absolute atomic E-state index is 0.570. The Morgan fingerprint density at radius 2 is 1.85 bits per heavy atom. The summed E-state index contributed by atoms with van der Waals surface area (Å²) < 4.78 is 5.45. The van der Waals surface area contributed by atoms with E-state index in [0.29, 0.717) is 5.95 Å². The van der Waals surface area contributed by atoms with Gasteiger partial charge in [0.05, 0.1) is 19.8 Å². The summed E-state index contributed by atoms with van der Waals surface area (Å²) in [5, 5.41) is 3.35. The molecule has 2 aromatic carbocycles. The van der Waals surface area contributed by atoms with E-state index in [1.165, 1.54) is 5.69 Å². The van der Waals surface area contributed by atoms with E-state index in [9.17, 15) is 0 Å². The van der Waals surface area contributed by atoms with Crippen LogP contribution in [0.4, 0.5) is 28.8 Å². The van der Waals surface area contributed by atoms with Crippen molar-refractivity contribution in [2.45, 2.75) is 6.92 Å². The average molecular weight is 454 g/mol. The Balaban J connectivity index is 1.28. The number of aryl methyl sites for hydroxylation is 1. The lowest BCUT2D eigenvalue weighted by Crippen LogP contribution is -2.36. The van der Waals surface area contributed by atoms with Crippen LogP contribution in [0.3, 0.4) is 0 Å². The summed E-state index contributed by atoms with van der Waals surface area (Å²) >= 11 is 0. The van der Waals surface area contributed by atoms with Gasteiger partial charge in [-0.15, -0.1) is 0 Å². The fourth-order valence-corrected chi connectivity index (χ4v) is 4.70. The SMILES string of the molecule is Cc1ccc(N)cc1C1=Cc2cnc(Nc3ccc(N4CCOCC4)cc3)nc2N2CCN=C12. The number of morpholine rings is 1. The Labute approximate surface area is 198 Å². The maximum Gasteiger partial charge on any atom is 0.229 e. The monoisotopic (exact) mass is 453 g/mol. The summed E-state index contributed by atoms with van der Waals surface area (Å²) in [6.45, 7) is 7.03. The molecule has 3 aromatic rings. The number of ether oxygens (including phenoxy) is 1. The third-order valence-corrected chi connectivity index (χ3v) is 6.48. The molecule has 34 heavy (non-hydrogen) atoms. The average Bonchev–Trinajstić information content (AvgIpc) is 3.37. The van der Waals surface area contributed by atoms with Crippen molar-refractivity contribution in [3.63, 3.8) is 0 Å². The predicted octanol–water partition coefficient (Wildman–Crippen LogP) is 3.72. The largest absolute Gasteiger partial charge is 0.399 e. The van der Waals surface area contributed by atoms with Crippen molar-refractivity contribution in [3.05, 3.63) is 65.4 Å². The molecule has 0 atom stereocenters. The highest BCUT2D eigenvalue weighted by Gasteiger charge is 2.31. The second kappa shape index (κ2) is 8.46. The van der Waals surface area contributed by atoms with Crippen LogP contribution in [0.5, 0.6) is 0 Å². The van der Waals surface area contributed by atoms with Crippen LogP contribution in [0.1, 0.15) is 16.7 Å². The fraction of sp³-hybridized carbons (Fsp3) is 0.269. The van der Waals surface area contributed by atoms with Gasteiger partial charge in [0.15, 0.2) is 0 Å². The van der Waals surface area contributed by atoms with Crippen molar-refractivity contribution in [2.75, 3.05) is 60.2 Å². The molecule has 1 saturated heterocycles. The third kappa shape index (κ3) is 3.76. The summed E-state index contributed by atoms with van der Waals surface area (Å²) in [6, 6.07) is 14.4. The minimum Gasteiger partial charge on any atom is -0.399 e. The maximum atomic E-state index is 6.09. The molecule has 8 nitrogen and oxygen atoms in total. The first kappa shape index (κ1) is 20.7. The Bertz CT molecular complexity index is 1290. The summed E-state index contributed by atoms with van der Waals surface area (Å²) in [7, 11) is 0. The Hall–Kier alpha value is -3.91. The van der Waals surface area contributed by atoms with Crippen molar-refractivity contribution in [1.29, 1.82) is 0 Å². The fourth-order valence-electron chi connectivity index (χ4n) is 4.70. The van der Waals surface area contributed by atoms with E-state index >= 15 is 0 Å². The molecule has 0 spiro atoms. The molecule has 3 N–H and O–H groups in total. The van der Waals surface area contributed by atoms with E-state index < -0.39 is 0 Å². The Morgan fingerprint density at radius 1 is 1.03 bits per heavy atom. The van der Waals surface area contributed by atoms with E-state index in [0.717, 1.165) is 84.7 Å². The van der Waals surface area contributed by atoms with Gasteiger partial charge in [-0.2, -0.15) is 4.98 Å². The number of benzene rings is 2. The zero-order chi connectivity index (χ0) is 23.1. The highest BCUT2D eigenvalue weighted by Crippen LogP contribution is 2.37. The number of aliphatic imine (C=N–C) groups is 1. The number of nitrogens with zero attached hydrogens (tertiary/aromatic N) is 5. The molecule has 6 rings (SSSR count). The van der Waals surface area contributed by atoms with Crippen LogP contribution in [0.15, 0.2) is 53.7 Å². The van der Waals surface area contributed by atoms with E-state index in [1.807, 2.05) is 18.3 Å². The van der Waals surface area contributed by atoms with Gasteiger partial charge in [-0.3, -0.25) is 4.99 Å². The molecule has 4 heterocycles. The lowest BCUT2D eigenvalue weighted by Gasteiger charge is -2.29. The number of hydrogen-bond donors (Lipinski definition) is 2. The third-order valence-electron chi connectivity index (χ3n) is 6.48. The molecule has 0 amide bonds. The zero-order valence-corrected chi connectivity index (χ0v) is 19.2. The van der Waals surface area contributed by atoms with Gasteiger partial charge in [-0.1, -0.05) is 6.07 Å². The molecule has 0 unspecified atom stereocenters. The highest BCUT2D eigenvalue weighted by molar-refractivity contribution is 6.36. The van der Waals surface area contributed by atoms with Gasteiger partial charge in [-0.25, -0.2) is 4.98 Å². The summed E-state index contributed by atoms with van der Waals surface area (Å²) in [4.78, 5) is 18.8. The molecular weight excluding hydrogens is 426 g/mol. The molecule has 8 heteroatoms. The Kier molecular flexibility index (Phi) is 5.15. The number of nitrogen functional groups attached to an aromatic ring is 1. The molecule has 0 saturated carbocycles. The molecule has 3 aliphatic rings. The number of aromatic nitrogens is 2. The van der Waals surface area contributed by atoms with Crippen molar-refractivity contribution in [3.8, 4) is 0 Å². The van der Waals surface area contributed by atoms with Crippen molar-refractivity contribution in [2.24, 2.45) is 4.99 Å². The molecule has 172 valence electrons. The van der Waals surface area contributed by atoms with E-state index in [2.05, 4.69) is 63.4 Å². The number of fused-ring (bicyclic) bond motifs is 3. The van der Waals surface area contributed by atoms with Crippen LogP contribution in [0, 0.1) is 6.92 Å². The molecule has 0 bridgehead atoms. The van der Waals surface area contributed by atoms with Gasteiger partial charge < -0.3 is 25.6 Å². The molecule has 0 aliphatic carbocycles. The van der Waals surface area contributed by atoms with Crippen LogP contribution >= 0.6 is 0 Å². The number of amidine groups is 1. The standard InChI is InChI=1S/C26H27N7O/c1-17-2-3-19(27)15-22(17)23-14-18-16-29-26(31-24(18)33-9-8-28-25(23)33)30-20-4-6-21(7-5-20)32-10-12-34-13-11-32/h2-7,14-16H,8-13,27H2,1H3,(H,29,30,31). The smallest absolute Gasteiger partial charge is 0.229 e. The molecular formula is C26H27N7O. The van der Waals surface area contributed by atoms with Crippen LogP contribution in [-0.4, -0.2) is 55.2 Å². The predicted molar refractivity (Wildman–Crippen MR) is 138 cm³/mol. The molecule has 1 aromatic heterocycles. The van der Waals surface area contributed by atoms with Crippen LogP contribution in [0.2, 0.25) is 0 Å². The number of hydrogen-bond acceptors (Lipinski definition) is 8. The number of anilines is 5. The topological polar surface area (TPSA) is 91.9 Å². The van der Waals surface area contributed by atoms with Crippen molar-refractivity contribution in [1.82, 2.24) is 9.97 Å². The second-order valence-electron chi connectivity index (χ2n) is 8.73. The van der Waals surface area contributed by atoms with Gasteiger partial charge in [0, 0.05) is 54.0 Å². The lowest BCUT2D eigenvalue weighted by atomic mass is 9.94. The summed E-state index contributed by atoms with van der Waals surface area (Å²) in [5.74, 6) is 2.39. The van der Waals surface area contributed by atoms with E-state index in [4.69, 9.17) is 20.4 Å². The van der Waals surface area contributed by atoms with Gasteiger partial charge in [0.1, 0.15) is 11.7 Å². The normalized spacial score (nSPS) is 17.1. The first-order valence-corrected chi connectivity index (χ1v) is 11.6. The van der Waals surface area contributed by atoms with Crippen molar-refractivity contribution >= 4 is 46.3 Å². The number of nitrogens with one attached hydrogen (secondary N) is 1. The van der Waals surface area contributed by atoms with Gasteiger partial charge in [0.25, 0.3) is 0 Å². The lowest BCUT2D eigenvalue weighted by molar-refractivity contribution is 0.122. The van der Waals surface area contributed by atoms with Gasteiger partial charge >= 0.3 is 0 Å². The molecule has 1 fully saturated rings. The van der Waals surface area contributed by atoms with Crippen LogP contribution < -0.4 is 20.9 Å². The van der Waals surface area contributed by atoms with Crippen molar-refractivity contribution < 1.29 is 4.74 Å². The first-order chi connectivity index (χ1) is 16.7. The maximum absolute atomic E-state index is 6.09. The molecule has 0 radical (unpaired) electrons. The summed E-state index contributed by atoms with van der Waals surface area (Å²) in [5.41, 5.74) is 13.3. The quantitative estimate of drug-likeness (QED) is 0.582. The zero-order valence-electron chi connectivity index (χ0n) is 19.2. The van der Waals surface area contributed by atoms with Gasteiger partial charge in [0.2, 0.25) is 5.95 Å². The van der Waals surface area contributed by atoms with Gasteiger partial charge in [-0.05, 0) is 60.5 Å². The first-order valence-electron chi connectivity index (χ1n) is 11.6. The summed E-state index contributed by atoms with van der Waals surface area (Å²) in [6.07, 6.45) is 4.00. The van der Waals surface area contributed by atoms with E-state index in [-0.39, 0.29) is 0 Å². The number of rotatable bonds is 4. The second-order valence-corrected chi connectivity index (χ2v) is 8.73. The van der Waals surface area contributed by atoms with E-state index in [1.54, 1.807) is 0 Å². The number of nitrogens with two attached hydrogens (primary N) is 1. The molecule has 3 aliphatic heterocycles. The highest BCUT2D eigenvalue weighted by atomic mass is 16.5. The van der Waals surface area contributed by atoms with Crippen LogP contribution in [0.25, 0.3) is 11.6 Å². The van der Waals surface area contributed by atoms with Crippen LogP contribution in [-0.2, 0) is 4.74 Å². The Morgan fingerprint density at radius 3 is 2.68 bits per heavy atom. The minimum atomic E-state index is 0.570.